The summed E-state index contributed by atoms with van der Waals surface area (Å²) in [5.41, 5.74) is 7.82. The van der Waals surface area contributed by atoms with Crippen molar-refractivity contribution in [2.24, 2.45) is 5.73 Å². The minimum Gasteiger partial charge on any atom is -0.324 e. The van der Waals surface area contributed by atoms with E-state index in [1.807, 2.05) is 32.0 Å². The van der Waals surface area contributed by atoms with Crippen LogP contribution < -0.4 is 11.1 Å². The fourth-order valence-corrected chi connectivity index (χ4v) is 1.29. The highest BCUT2D eigenvalue weighted by Gasteiger charge is 2.22. The Morgan fingerprint density at radius 1 is 1.27 bits per heavy atom. The summed E-state index contributed by atoms with van der Waals surface area (Å²) in [4.78, 5) is 11.7. The molecule has 0 fully saturated rings. The molecule has 0 aliphatic carbocycles. The highest BCUT2D eigenvalue weighted by molar-refractivity contribution is 5.98. The molecule has 0 saturated carbocycles. The number of hydrogen-bond donors (Lipinski definition) is 2. The van der Waals surface area contributed by atoms with E-state index in [0.717, 1.165) is 16.8 Å². The molecule has 1 aromatic rings. The number of nitrogens with two attached hydrogens (primary N) is 1. The number of rotatable bonds is 2. The third-order valence-electron chi connectivity index (χ3n) is 2.30. The lowest BCUT2D eigenvalue weighted by atomic mass is 10.0. The predicted octanol–water partition coefficient (Wildman–Crippen LogP) is 1.98. The van der Waals surface area contributed by atoms with Crippen LogP contribution in [0.1, 0.15) is 25.0 Å². The normalized spacial score (nSPS) is 11.3. The summed E-state index contributed by atoms with van der Waals surface area (Å²) in [6.45, 7) is 7.31. The van der Waals surface area contributed by atoms with Crippen LogP contribution in [0.4, 0.5) is 5.69 Å². The molecule has 0 spiro atoms. The van der Waals surface area contributed by atoms with E-state index in [1.54, 1.807) is 13.8 Å². The molecule has 1 aromatic carbocycles. The molecule has 0 aliphatic rings. The summed E-state index contributed by atoms with van der Waals surface area (Å²) in [7, 11) is 0. The first kappa shape index (κ1) is 11.7. The first-order valence-corrected chi connectivity index (χ1v) is 4.99. The molecule has 3 nitrogen and oxygen atoms in total. The smallest absolute Gasteiger partial charge is 0.243 e. The number of carbonyl (C=O) groups is 1. The van der Waals surface area contributed by atoms with Gasteiger partial charge in [0.25, 0.3) is 0 Å². The number of hydrogen-bond acceptors (Lipinski definition) is 2. The van der Waals surface area contributed by atoms with E-state index in [9.17, 15) is 4.79 Å². The predicted molar refractivity (Wildman–Crippen MR) is 62.8 cm³/mol. The Hall–Kier alpha value is -1.35. The fraction of sp³-hybridized carbons (Fsp3) is 0.417. The molecule has 0 unspecified atom stereocenters. The summed E-state index contributed by atoms with van der Waals surface area (Å²) in [5, 5.41) is 2.85. The van der Waals surface area contributed by atoms with Crippen molar-refractivity contribution < 1.29 is 4.79 Å². The van der Waals surface area contributed by atoms with Gasteiger partial charge >= 0.3 is 0 Å². The average molecular weight is 206 g/mol. The highest BCUT2D eigenvalue weighted by atomic mass is 16.2. The molecule has 3 N–H and O–H groups in total. The summed E-state index contributed by atoms with van der Waals surface area (Å²) in [5.74, 6) is -0.167. The number of para-hydroxylation sites is 1. The Balaban J connectivity index is 2.95. The lowest BCUT2D eigenvalue weighted by Gasteiger charge is -2.19. The zero-order valence-electron chi connectivity index (χ0n) is 9.72. The molecule has 0 bridgehead atoms. The topological polar surface area (TPSA) is 55.1 Å². The minimum absolute atomic E-state index is 0.167. The average Bonchev–Trinajstić information content (AvgIpc) is 2.09. The zero-order valence-corrected chi connectivity index (χ0v) is 9.72. The molecule has 0 aliphatic heterocycles. The number of aryl methyl sites for hydroxylation is 2. The lowest BCUT2D eigenvalue weighted by molar-refractivity contribution is -0.120. The maximum absolute atomic E-state index is 11.7. The van der Waals surface area contributed by atoms with Gasteiger partial charge in [-0.15, -0.1) is 0 Å². The number of benzene rings is 1. The van der Waals surface area contributed by atoms with E-state index in [4.69, 9.17) is 5.73 Å². The van der Waals surface area contributed by atoms with Crippen molar-refractivity contribution in [1.29, 1.82) is 0 Å². The van der Waals surface area contributed by atoms with E-state index >= 15 is 0 Å². The van der Waals surface area contributed by atoms with Gasteiger partial charge in [0.2, 0.25) is 5.91 Å². The van der Waals surface area contributed by atoms with Crippen molar-refractivity contribution in [3.8, 4) is 0 Å². The zero-order chi connectivity index (χ0) is 11.6. The van der Waals surface area contributed by atoms with Crippen LogP contribution in [0.5, 0.6) is 0 Å². The van der Waals surface area contributed by atoms with Gasteiger partial charge in [-0.25, -0.2) is 0 Å². The van der Waals surface area contributed by atoms with Crippen molar-refractivity contribution in [3.05, 3.63) is 29.3 Å². The second-order valence-corrected chi connectivity index (χ2v) is 4.44. The van der Waals surface area contributed by atoms with Crippen LogP contribution in [0.25, 0.3) is 0 Å². The molecule has 1 amide bonds. The summed E-state index contributed by atoms with van der Waals surface area (Å²) < 4.78 is 0. The Bertz CT molecular complexity index is 357. The van der Waals surface area contributed by atoms with Gasteiger partial charge in [0.1, 0.15) is 0 Å². The standard InChI is InChI=1S/C12H18N2O/c1-8-6-5-7-9(2)10(8)14-11(15)12(3,4)13/h5-7H,13H2,1-4H3,(H,14,15). The van der Waals surface area contributed by atoms with Gasteiger partial charge in [-0.1, -0.05) is 18.2 Å². The molecule has 0 atom stereocenters. The fourth-order valence-electron chi connectivity index (χ4n) is 1.29. The number of nitrogens with one attached hydrogen (secondary N) is 1. The molecule has 0 radical (unpaired) electrons. The first-order valence-electron chi connectivity index (χ1n) is 4.99. The molecule has 82 valence electrons. The van der Waals surface area contributed by atoms with Gasteiger partial charge in [-0.05, 0) is 38.8 Å². The van der Waals surface area contributed by atoms with Gasteiger partial charge in [0.05, 0.1) is 5.54 Å². The Morgan fingerprint density at radius 2 is 1.73 bits per heavy atom. The third-order valence-corrected chi connectivity index (χ3v) is 2.30. The van der Waals surface area contributed by atoms with Crippen LogP contribution in [0.3, 0.4) is 0 Å². The van der Waals surface area contributed by atoms with Crippen molar-refractivity contribution in [2.75, 3.05) is 5.32 Å². The van der Waals surface area contributed by atoms with Crippen molar-refractivity contribution >= 4 is 11.6 Å². The number of carbonyl (C=O) groups excluding carboxylic acids is 1. The van der Waals surface area contributed by atoms with Crippen LogP contribution in [0.15, 0.2) is 18.2 Å². The van der Waals surface area contributed by atoms with Crippen molar-refractivity contribution in [1.82, 2.24) is 0 Å². The van der Waals surface area contributed by atoms with Crippen LogP contribution in [0, 0.1) is 13.8 Å². The van der Waals surface area contributed by atoms with E-state index in [-0.39, 0.29) is 5.91 Å². The van der Waals surface area contributed by atoms with Crippen LogP contribution in [-0.4, -0.2) is 11.4 Å². The maximum atomic E-state index is 11.7. The molecule has 0 aromatic heterocycles. The molecular formula is C12H18N2O. The van der Waals surface area contributed by atoms with E-state index in [2.05, 4.69) is 5.32 Å². The van der Waals surface area contributed by atoms with Gasteiger partial charge in [0, 0.05) is 5.69 Å². The van der Waals surface area contributed by atoms with Gasteiger partial charge in [-0.3, -0.25) is 4.79 Å². The second-order valence-electron chi connectivity index (χ2n) is 4.44. The van der Waals surface area contributed by atoms with Crippen molar-refractivity contribution in [3.63, 3.8) is 0 Å². The third kappa shape index (κ3) is 2.80. The summed E-state index contributed by atoms with van der Waals surface area (Å²) in [6, 6.07) is 5.90. The molecular weight excluding hydrogens is 188 g/mol. The largest absolute Gasteiger partial charge is 0.324 e. The molecule has 15 heavy (non-hydrogen) atoms. The first-order chi connectivity index (χ1) is 6.82. The van der Waals surface area contributed by atoms with Crippen LogP contribution >= 0.6 is 0 Å². The van der Waals surface area contributed by atoms with Crippen LogP contribution in [-0.2, 0) is 4.79 Å². The van der Waals surface area contributed by atoms with Gasteiger partial charge in [-0.2, -0.15) is 0 Å². The Labute approximate surface area is 90.7 Å². The molecule has 0 heterocycles. The van der Waals surface area contributed by atoms with E-state index < -0.39 is 5.54 Å². The lowest BCUT2D eigenvalue weighted by Crippen LogP contribution is -2.45. The van der Waals surface area contributed by atoms with Gasteiger partial charge < -0.3 is 11.1 Å². The molecule has 0 saturated heterocycles. The van der Waals surface area contributed by atoms with E-state index in [1.165, 1.54) is 0 Å². The van der Waals surface area contributed by atoms with Crippen LogP contribution in [0.2, 0.25) is 0 Å². The second kappa shape index (κ2) is 4.03. The van der Waals surface area contributed by atoms with Gasteiger partial charge in [0.15, 0.2) is 0 Å². The quantitative estimate of drug-likeness (QED) is 0.777. The van der Waals surface area contributed by atoms with Crippen molar-refractivity contribution in [2.45, 2.75) is 33.2 Å². The number of amides is 1. The highest BCUT2D eigenvalue weighted by Crippen LogP contribution is 2.20. The Morgan fingerprint density at radius 3 is 2.13 bits per heavy atom. The summed E-state index contributed by atoms with van der Waals surface area (Å²) in [6.07, 6.45) is 0. The molecule has 1 rings (SSSR count). The summed E-state index contributed by atoms with van der Waals surface area (Å²) >= 11 is 0. The maximum Gasteiger partial charge on any atom is 0.243 e. The number of anilines is 1. The van der Waals surface area contributed by atoms with E-state index in [0.29, 0.717) is 0 Å². The molecule has 3 heteroatoms. The SMILES string of the molecule is Cc1cccc(C)c1NC(=O)C(C)(C)N. The minimum atomic E-state index is -0.852. The Kier molecular flexibility index (Phi) is 3.15. The monoisotopic (exact) mass is 206 g/mol.